The van der Waals surface area contributed by atoms with Crippen LogP contribution in [-0.2, 0) is 9.53 Å². The van der Waals surface area contributed by atoms with Crippen LogP contribution in [0.4, 0.5) is 5.69 Å². The molecule has 0 saturated carbocycles. The molecule has 0 aliphatic rings. The van der Waals surface area contributed by atoms with Crippen LogP contribution in [0, 0.1) is 6.92 Å². The molecule has 3 aromatic carbocycles. The fourth-order valence-electron chi connectivity index (χ4n) is 3.97. The molecular weight excluding hydrogens is 442 g/mol. The standard InChI is InChI=1S/C28H23N3O4/c1-3-24(26(32)30-23-16-17(2)29-21-13-7-6-12-20(21)23)35-28(33)19-11-5-4-10-18(19)27-31-22-14-8-9-15-25(22)34-27/h4-16,24H,3H2,1-2H3,(H,29,30,32). The first kappa shape index (κ1) is 22.3. The van der Waals surface area contributed by atoms with Crippen LogP contribution in [0.15, 0.2) is 83.3 Å². The second kappa shape index (κ2) is 9.38. The lowest BCUT2D eigenvalue weighted by atomic mass is 10.1. The van der Waals surface area contributed by atoms with Gasteiger partial charge in [0.1, 0.15) is 5.52 Å². The molecule has 1 unspecified atom stereocenters. The lowest BCUT2D eigenvalue weighted by Crippen LogP contribution is -2.32. The van der Waals surface area contributed by atoms with Gasteiger partial charge in [-0.25, -0.2) is 9.78 Å². The summed E-state index contributed by atoms with van der Waals surface area (Å²) in [4.78, 5) is 35.3. The number of pyridine rings is 1. The van der Waals surface area contributed by atoms with Crippen molar-refractivity contribution in [1.29, 1.82) is 0 Å². The van der Waals surface area contributed by atoms with E-state index in [1.807, 2.05) is 55.5 Å². The molecular formula is C28H23N3O4. The first-order valence-corrected chi connectivity index (χ1v) is 11.4. The number of ether oxygens (including phenoxy) is 1. The van der Waals surface area contributed by atoms with Gasteiger partial charge in [0.25, 0.3) is 5.91 Å². The van der Waals surface area contributed by atoms with Crippen LogP contribution < -0.4 is 5.32 Å². The summed E-state index contributed by atoms with van der Waals surface area (Å²) in [5.41, 5.74) is 4.26. The fourth-order valence-corrected chi connectivity index (χ4v) is 3.97. The molecule has 174 valence electrons. The zero-order chi connectivity index (χ0) is 24.4. The van der Waals surface area contributed by atoms with E-state index < -0.39 is 18.0 Å². The minimum atomic E-state index is -0.980. The van der Waals surface area contributed by atoms with E-state index in [1.54, 1.807) is 37.3 Å². The number of oxazole rings is 1. The Labute approximate surface area is 201 Å². The number of amides is 1. The Bertz CT molecular complexity index is 1520. The van der Waals surface area contributed by atoms with Gasteiger partial charge in [0.2, 0.25) is 5.89 Å². The number of fused-ring (bicyclic) bond motifs is 2. The predicted molar refractivity (Wildman–Crippen MR) is 134 cm³/mol. The molecule has 0 saturated heterocycles. The monoisotopic (exact) mass is 465 g/mol. The molecule has 2 heterocycles. The highest BCUT2D eigenvalue weighted by molar-refractivity contribution is 6.04. The maximum atomic E-state index is 13.2. The molecule has 1 atom stereocenters. The smallest absolute Gasteiger partial charge is 0.339 e. The van der Waals surface area contributed by atoms with Crippen molar-refractivity contribution >= 4 is 39.6 Å². The van der Waals surface area contributed by atoms with Crippen LogP contribution >= 0.6 is 0 Å². The molecule has 35 heavy (non-hydrogen) atoms. The zero-order valence-electron chi connectivity index (χ0n) is 19.3. The maximum Gasteiger partial charge on any atom is 0.339 e. The van der Waals surface area contributed by atoms with E-state index in [1.165, 1.54) is 0 Å². The largest absolute Gasteiger partial charge is 0.449 e. The molecule has 2 aromatic heterocycles. The number of hydrogen-bond donors (Lipinski definition) is 1. The summed E-state index contributed by atoms with van der Waals surface area (Å²) in [7, 11) is 0. The van der Waals surface area contributed by atoms with Crippen molar-refractivity contribution in [3.63, 3.8) is 0 Å². The van der Waals surface area contributed by atoms with Crippen LogP contribution in [-0.4, -0.2) is 27.9 Å². The van der Waals surface area contributed by atoms with Gasteiger partial charge in [0, 0.05) is 11.1 Å². The molecule has 0 bridgehead atoms. The number of para-hydroxylation sites is 3. The SMILES string of the molecule is CCC(OC(=O)c1ccccc1-c1nc2ccccc2o1)C(=O)Nc1cc(C)nc2ccccc12. The Kier molecular flexibility index (Phi) is 5.97. The van der Waals surface area contributed by atoms with Gasteiger partial charge in [-0.05, 0) is 49.7 Å². The minimum absolute atomic E-state index is 0.274. The van der Waals surface area contributed by atoms with E-state index in [0.29, 0.717) is 34.7 Å². The maximum absolute atomic E-state index is 13.2. The van der Waals surface area contributed by atoms with Crippen LogP contribution in [0.25, 0.3) is 33.5 Å². The second-order valence-electron chi connectivity index (χ2n) is 8.15. The van der Waals surface area contributed by atoms with E-state index in [2.05, 4.69) is 15.3 Å². The summed E-state index contributed by atoms with van der Waals surface area (Å²) >= 11 is 0. The highest BCUT2D eigenvalue weighted by Gasteiger charge is 2.25. The first-order chi connectivity index (χ1) is 17.0. The molecule has 0 spiro atoms. The highest BCUT2D eigenvalue weighted by Crippen LogP contribution is 2.28. The summed E-state index contributed by atoms with van der Waals surface area (Å²) in [5, 5.41) is 3.72. The van der Waals surface area contributed by atoms with Gasteiger partial charge in [-0.3, -0.25) is 9.78 Å². The van der Waals surface area contributed by atoms with Crippen molar-refractivity contribution < 1.29 is 18.7 Å². The predicted octanol–water partition coefficient (Wildman–Crippen LogP) is 5.93. The third-order valence-electron chi connectivity index (χ3n) is 5.69. The second-order valence-corrected chi connectivity index (χ2v) is 8.15. The summed E-state index contributed by atoms with van der Waals surface area (Å²) in [5.74, 6) is -0.716. The zero-order valence-corrected chi connectivity index (χ0v) is 19.3. The Morgan fingerprint density at radius 1 is 0.943 bits per heavy atom. The van der Waals surface area contributed by atoms with Gasteiger partial charge in [-0.2, -0.15) is 0 Å². The van der Waals surface area contributed by atoms with Crippen LogP contribution in [0.3, 0.4) is 0 Å². The average molecular weight is 466 g/mol. The summed E-state index contributed by atoms with van der Waals surface area (Å²) in [6.07, 6.45) is -0.670. The molecule has 1 N–H and O–H groups in total. The van der Waals surface area contributed by atoms with Crippen LogP contribution in [0.5, 0.6) is 0 Å². The van der Waals surface area contributed by atoms with Gasteiger partial charge >= 0.3 is 5.97 Å². The molecule has 0 fully saturated rings. The van der Waals surface area contributed by atoms with Gasteiger partial charge in [-0.15, -0.1) is 0 Å². The Balaban J connectivity index is 1.39. The summed E-state index contributed by atoms with van der Waals surface area (Å²) < 4.78 is 11.5. The van der Waals surface area contributed by atoms with Crippen molar-refractivity contribution in [2.75, 3.05) is 5.32 Å². The molecule has 5 rings (SSSR count). The average Bonchev–Trinajstić information content (AvgIpc) is 3.31. The van der Waals surface area contributed by atoms with Crippen molar-refractivity contribution in [2.45, 2.75) is 26.4 Å². The number of nitrogens with zero attached hydrogens (tertiary/aromatic N) is 2. The van der Waals surface area contributed by atoms with Crippen molar-refractivity contribution in [3.8, 4) is 11.5 Å². The first-order valence-electron chi connectivity index (χ1n) is 11.4. The number of hydrogen-bond acceptors (Lipinski definition) is 6. The normalized spacial score (nSPS) is 11.9. The number of aromatic nitrogens is 2. The number of anilines is 1. The van der Waals surface area contributed by atoms with Crippen LogP contribution in [0.2, 0.25) is 0 Å². The number of carbonyl (C=O) groups excluding carboxylic acids is 2. The molecule has 7 heteroatoms. The fraction of sp³-hybridized carbons (Fsp3) is 0.143. The van der Waals surface area contributed by atoms with Gasteiger partial charge in [0.05, 0.1) is 22.3 Å². The van der Waals surface area contributed by atoms with Gasteiger partial charge in [-0.1, -0.05) is 49.4 Å². The molecule has 0 aliphatic carbocycles. The lowest BCUT2D eigenvalue weighted by Gasteiger charge is -2.18. The van der Waals surface area contributed by atoms with E-state index in [0.717, 1.165) is 16.6 Å². The topological polar surface area (TPSA) is 94.3 Å². The Morgan fingerprint density at radius 3 is 2.46 bits per heavy atom. The third-order valence-corrected chi connectivity index (χ3v) is 5.69. The quantitative estimate of drug-likeness (QED) is 0.313. The number of rotatable bonds is 6. The molecule has 7 nitrogen and oxygen atoms in total. The number of nitrogens with one attached hydrogen (secondary N) is 1. The number of benzene rings is 3. The molecule has 1 amide bonds. The van der Waals surface area contributed by atoms with Gasteiger partial charge in [0.15, 0.2) is 11.7 Å². The van der Waals surface area contributed by atoms with E-state index >= 15 is 0 Å². The van der Waals surface area contributed by atoms with Crippen LogP contribution in [0.1, 0.15) is 29.4 Å². The van der Waals surface area contributed by atoms with Gasteiger partial charge < -0.3 is 14.5 Å². The van der Waals surface area contributed by atoms with Crippen molar-refractivity contribution in [2.24, 2.45) is 0 Å². The number of aryl methyl sites for hydroxylation is 1. The Hall–Kier alpha value is -4.52. The van der Waals surface area contributed by atoms with Crippen molar-refractivity contribution in [3.05, 3.63) is 90.1 Å². The van der Waals surface area contributed by atoms with E-state index in [9.17, 15) is 9.59 Å². The molecule has 0 aliphatic heterocycles. The van der Waals surface area contributed by atoms with E-state index in [4.69, 9.17) is 9.15 Å². The van der Waals surface area contributed by atoms with E-state index in [-0.39, 0.29) is 5.56 Å². The van der Waals surface area contributed by atoms with Crippen molar-refractivity contribution in [1.82, 2.24) is 9.97 Å². The molecule has 5 aromatic rings. The lowest BCUT2D eigenvalue weighted by molar-refractivity contribution is -0.124. The summed E-state index contributed by atoms with van der Waals surface area (Å²) in [6, 6.07) is 23.6. The minimum Gasteiger partial charge on any atom is -0.449 e. The molecule has 0 radical (unpaired) electrons. The highest BCUT2D eigenvalue weighted by atomic mass is 16.5. The summed E-state index contributed by atoms with van der Waals surface area (Å²) in [6.45, 7) is 3.66. The number of carbonyl (C=O) groups is 2. The third kappa shape index (κ3) is 4.48. The Morgan fingerprint density at radius 2 is 1.66 bits per heavy atom. The number of esters is 1.